The van der Waals surface area contributed by atoms with Crippen LogP contribution in [0, 0.1) is 0 Å². The summed E-state index contributed by atoms with van der Waals surface area (Å²) in [5.74, 6) is -0.280. The lowest BCUT2D eigenvalue weighted by molar-refractivity contribution is -0.145. The van der Waals surface area contributed by atoms with Crippen molar-refractivity contribution in [2.24, 2.45) is 0 Å². The molecule has 0 spiro atoms. The number of hydrogen-bond donors (Lipinski definition) is 0. The maximum atomic E-state index is 11.4. The zero-order valence-corrected chi connectivity index (χ0v) is 22.1. The van der Waals surface area contributed by atoms with E-state index in [1.54, 1.807) is 0 Å². The Morgan fingerprint density at radius 3 is 2.10 bits per heavy atom. The van der Waals surface area contributed by atoms with Crippen molar-refractivity contribution in [2.75, 3.05) is 6.61 Å². The molecule has 0 aromatic carbocycles. The van der Waals surface area contributed by atoms with Gasteiger partial charge in [-0.25, -0.2) is 4.79 Å². The van der Waals surface area contributed by atoms with Crippen LogP contribution in [0.5, 0.6) is 0 Å². The first-order valence-electron chi connectivity index (χ1n) is 10.9. The summed E-state index contributed by atoms with van der Waals surface area (Å²) in [5.41, 5.74) is 0. The molecule has 1 fully saturated rings. The van der Waals surface area contributed by atoms with Crippen molar-refractivity contribution in [3.63, 3.8) is 0 Å². The fourth-order valence-corrected chi connectivity index (χ4v) is 5.41. The van der Waals surface area contributed by atoms with Gasteiger partial charge in [0.2, 0.25) is 0 Å². The second kappa shape index (κ2) is 8.57. The summed E-state index contributed by atoms with van der Waals surface area (Å²) in [4.78, 5) is 11.4. The first kappa shape index (κ1) is 24.8. The van der Waals surface area contributed by atoms with Crippen LogP contribution < -0.4 is 0 Å². The third-order valence-electron chi connectivity index (χ3n) is 7.21. The SMILES string of the molecule is CC(C)(C)[Si](C)(C)OC[C@@H](O[Si](C)(C)C(C)(C)C)[C@H]1CC[C@H]([C@@H]2C=CC(=O)O2)O1. The zero-order valence-electron chi connectivity index (χ0n) is 20.1. The summed E-state index contributed by atoms with van der Waals surface area (Å²) < 4.78 is 25.1. The summed E-state index contributed by atoms with van der Waals surface area (Å²) >= 11 is 0. The van der Waals surface area contributed by atoms with Gasteiger partial charge in [0, 0.05) is 6.08 Å². The predicted molar refractivity (Wildman–Crippen MR) is 122 cm³/mol. The van der Waals surface area contributed by atoms with Gasteiger partial charge in [0.15, 0.2) is 16.6 Å². The Labute approximate surface area is 179 Å². The first-order chi connectivity index (χ1) is 13.0. The first-order valence-corrected chi connectivity index (χ1v) is 16.7. The summed E-state index contributed by atoms with van der Waals surface area (Å²) in [6.07, 6.45) is 4.56. The molecule has 2 heterocycles. The Bertz CT molecular complexity index is 616. The summed E-state index contributed by atoms with van der Waals surface area (Å²) in [6, 6.07) is 0. The molecule has 1 saturated heterocycles. The second-order valence-electron chi connectivity index (χ2n) is 11.5. The van der Waals surface area contributed by atoms with E-state index < -0.39 is 16.6 Å². The molecule has 0 unspecified atom stereocenters. The number of carbonyl (C=O) groups excluding carboxylic acids is 1. The van der Waals surface area contributed by atoms with Crippen LogP contribution in [0.2, 0.25) is 36.3 Å². The van der Waals surface area contributed by atoms with Crippen LogP contribution in [0.3, 0.4) is 0 Å². The zero-order chi connectivity index (χ0) is 22.3. The van der Waals surface area contributed by atoms with Crippen molar-refractivity contribution in [2.45, 2.75) is 115 Å². The van der Waals surface area contributed by atoms with E-state index in [0.29, 0.717) is 6.61 Å². The minimum atomic E-state index is -1.99. The molecule has 0 aromatic rings. The number of esters is 1. The molecular weight excluding hydrogens is 400 g/mol. The monoisotopic (exact) mass is 442 g/mol. The highest BCUT2D eigenvalue weighted by Crippen LogP contribution is 2.41. The van der Waals surface area contributed by atoms with Gasteiger partial charge in [-0.05, 0) is 55.2 Å². The topological polar surface area (TPSA) is 54.0 Å². The molecule has 0 aromatic heterocycles. The van der Waals surface area contributed by atoms with Gasteiger partial charge in [0.1, 0.15) is 6.10 Å². The molecular formula is C22H42O5Si2. The number of hydrogen-bond acceptors (Lipinski definition) is 5. The molecule has 0 amide bonds. The standard InChI is InChI=1S/C22H42O5Si2/c1-21(2,3)28(7,8)24-15-19(27-29(9,10)22(4,5)6)18-12-11-16(25-18)17-13-14-20(23)26-17/h13-14,16-19H,11-12,15H2,1-10H3/t16-,17+,18-,19-/m1/s1. The molecule has 5 nitrogen and oxygen atoms in total. The highest BCUT2D eigenvalue weighted by atomic mass is 28.4. The molecule has 4 atom stereocenters. The molecule has 0 bridgehead atoms. The van der Waals surface area contributed by atoms with Gasteiger partial charge < -0.3 is 18.3 Å². The Kier molecular flexibility index (Phi) is 7.33. The molecule has 7 heteroatoms. The Hall–Kier alpha value is -0.476. The van der Waals surface area contributed by atoms with Gasteiger partial charge in [0.25, 0.3) is 0 Å². The maximum Gasteiger partial charge on any atom is 0.331 e. The molecule has 0 aliphatic carbocycles. The molecule has 29 heavy (non-hydrogen) atoms. The maximum absolute atomic E-state index is 11.4. The largest absolute Gasteiger partial charge is 0.452 e. The van der Waals surface area contributed by atoms with E-state index >= 15 is 0 Å². The van der Waals surface area contributed by atoms with Crippen molar-refractivity contribution in [1.82, 2.24) is 0 Å². The van der Waals surface area contributed by atoms with E-state index in [2.05, 4.69) is 67.7 Å². The lowest BCUT2D eigenvalue weighted by Crippen LogP contribution is -2.51. The van der Waals surface area contributed by atoms with Crippen molar-refractivity contribution < 1.29 is 23.1 Å². The molecule has 0 saturated carbocycles. The van der Waals surface area contributed by atoms with Gasteiger partial charge in [-0.2, -0.15) is 0 Å². The van der Waals surface area contributed by atoms with Gasteiger partial charge >= 0.3 is 5.97 Å². The van der Waals surface area contributed by atoms with Gasteiger partial charge in [0.05, 0.1) is 24.9 Å². The normalized spacial score (nSPS) is 27.4. The van der Waals surface area contributed by atoms with Crippen LogP contribution in [-0.2, 0) is 23.1 Å². The second-order valence-corrected chi connectivity index (χ2v) is 21.1. The Morgan fingerprint density at radius 2 is 1.62 bits per heavy atom. The van der Waals surface area contributed by atoms with E-state index in [4.69, 9.17) is 18.3 Å². The third-order valence-corrected chi connectivity index (χ3v) is 16.2. The van der Waals surface area contributed by atoms with Gasteiger partial charge in [-0.3, -0.25) is 0 Å². The quantitative estimate of drug-likeness (QED) is 0.389. The van der Waals surface area contributed by atoms with Crippen molar-refractivity contribution in [3.05, 3.63) is 12.2 Å². The summed E-state index contributed by atoms with van der Waals surface area (Å²) in [6.45, 7) is 23.2. The van der Waals surface area contributed by atoms with Crippen molar-refractivity contribution >= 4 is 22.6 Å². The number of ether oxygens (including phenoxy) is 2. The minimum absolute atomic E-state index is 0.0356. The Balaban J connectivity index is 2.12. The van der Waals surface area contributed by atoms with Crippen LogP contribution in [0.25, 0.3) is 0 Å². The molecule has 2 aliphatic heterocycles. The molecule has 2 aliphatic rings. The van der Waals surface area contributed by atoms with Crippen LogP contribution >= 0.6 is 0 Å². The predicted octanol–water partition coefficient (Wildman–Crippen LogP) is 5.43. The van der Waals surface area contributed by atoms with Crippen LogP contribution in [0.1, 0.15) is 54.4 Å². The lowest BCUT2D eigenvalue weighted by Gasteiger charge is -2.43. The fourth-order valence-electron chi connectivity index (χ4n) is 3.07. The molecule has 0 radical (unpaired) electrons. The summed E-state index contributed by atoms with van der Waals surface area (Å²) in [7, 11) is -3.88. The third kappa shape index (κ3) is 6.03. The van der Waals surface area contributed by atoms with E-state index in [0.717, 1.165) is 12.8 Å². The van der Waals surface area contributed by atoms with Crippen molar-refractivity contribution in [1.29, 1.82) is 0 Å². The number of carbonyl (C=O) groups is 1. The molecule has 2 rings (SSSR count). The van der Waals surface area contributed by atoms with E-state index in [1.165, 1.54) is 6.08 Å². The highest BCUT2D eigenvalue weighted by Gasteiger charge is 2.45. The van der Waals surface area contributed by atoms with Gasteiger partial charge in [-0.1, -0.05) is 41.5 Å². The van der Waals surface area contributed by atoms with Crippen LogP contribution in [0.4, 0.5) is 0 Å². The van der Waals surface area contributed by atoms with Gasteiger partial charge in [-0.15, -0.1) is 0 Å². The fraction of sp³-hybridized carbons (Fsp3) is 0.864. The van der Waals surface area contributed by atoms with E-state index in [-0.39, 0.29) is 40.5 Å². The average Bonchev–Trinajstić information content (AvgIpc) is 3.18. The number of rotatable bonds is 7. The van der Waals surface area contributed by atoms with E-state index in [9.17, 15) is 4.79 Å². The Morgan fingerprint density at radius 1 is 1.03 bits per heavy atom. The van der Waals surface area contributed by atoms with Crippen LogP contribution in [-0.4, -0.2) is 53.6 Å². The summed E-state index contributed by atoms with van der Waals surface area (Å²) in [5, 5.41) is 0.264. The molecule has 0 N–H and O–H groups in total. The smallest absolute Gasteiger partial charge is 0.331 e. The van der Waals surface area contributed by atoms with Crippen molar-refractivity contribution in [3.8, 4) is 0 Å². The van der Waals surface area contributed by atoms with E-state index in [1.807, 2.05) is 6.08 Å². The number of cyclic esters (lactones) is 1. The average molecular weight is 443 g/mol. The molecule has 168 valence electrons. The lowest BCUT2D eigenvalue weighted by atomic mass is 10.1. The van der Waals surface area contributed by atoms with Crippen LogP contribution in [0.15, 0.2) is 12.2 Å². The minimum Gasteiger partial charge on any atom is -0.452 e. The highest BCUT2D eigenvalue weighted by molar-refractivity contribution is 6.74.